The average molecular weight is 785 g/mol. The maximum absolute atomic E-state index is 6.35. The number of anilines is 3. The fourth-order valence-electron chi connectivity index (χ4n) is 8.85. The fraction of sp³-hybridized carbons (Fsp3) is 0. The highest BCUT2D eigenvalue weighted by molar-refractivity contribution is 7.22. The number of furan rings is 1. The number of para-hydroxylation sites is 2. The van der Waals surface area contributed by atoms with Gasteiger partial charge in [-0.1, -0.05) is 133 Å². The Morgan fingerprint density at radius 3 is 1.60 bits per heavy atom. The van der Waals surface area contributed by atoms with Gasteiger partial charge in [0.05, 0.1) is 11.0 Å². The Morgan fingerprint density at radius 2 is 0.917 bits per heavy atom. The zero-order valence-corrected chi connectivity index (χ0v) is 33.3. The van der Waals surface area contributed by atoms with Crippen molar-refractivity contribution in [3.8, 4) is 38.4 Å². The van der Waals surface area contributed by atoms with Crippen molar-refractivity contribution in [3.05, 3.63) is 218 Å². The molecule has 0 unspecified atom stereocenters. The van der Waals surface area contributed by atoms with Crippen LogP contribution in [0.5, 0.6) is 0 Å². The van der Waals surface area contributed by atoms with Gasteiger partial charge in [-0.2, -0.15) is 0 Å². The molecule has 0 amide bonds. The van der Waals surface area contributed by atoms with E-state index < -0.39 is 0 Å². The minimum absolute atomic E-state index is 0.901. The molecule has 3 aromatic heterocycles. The third-order valence-electron chi connectivity index (χ3n) is 11.8. The van der Waals surface area contributed by atoms with Crippen LogP contribution in [0.25, 0.3) is 92.2 Å². The van der Waals surface area contributed by atoms with Crippen LogP contribution in [-0.4, -0.2) is 4.57 Å². The normalized spacial score (nSPS) is 11.7. The lowest BCUT2D eigenvalue weighted by Gasteiger charge is -2.26. The maximum atomic E-state index is 6.35. The second-order valence-corrected chi connectivity index (χ2v) is 16.4. The molecule has 3 heterocycles. The van der Waals surface area contributed by atoms with E-state index in [1.807, 2.05) is 23.5 Å². The van der Waals surface area contributed by atoms with Gasteiger partial charge < -0.3 is 13.9 Å². The molecule has 282 valence electrons. The molecule has 0 aliphatic carbocycles. The zero-order valence-electron chi connectivity index (χ0n) is 32.5. The number of aromatic nitrogens is 1. The van der Waals surface area contributed by atoms with Crippen molar-refractivity contribution in [1.82, 2.24) is 4.57 Å². The highest BCUT2D eigenvalue weighted by Gasteiger charge is 2.18. The molecule has 60 heavy (non-hydrogen) atoms. The van der Waals surface area contributed by atoms with E-state index in [9.17, 15) is 0 Å². The van der Waals surface area contributed by atoms with E-state index >= 15 is 0 Å². The molecule has 0 N–H and O–H groups in total. The number of rotatable bonds is 7. The van der Waals surface area contributed by atoms with Crippen LogP contribution in [0.4, 0.5) is 17.1 Å². The lowest BCUT2D eigenvalue weighted by molar-refractivity contribution is 0.669. The number of thiophene rings is 1. The monoisotopic (exact) mass is 784 g/mol. The number of fused-ring (bicyclic) bond motifs is 7. The molecule has 12 aromatic rings. The topological polar surface area (TPSA) is 21.3 Å². The summed E-state index contributed by atoms with van der Waals surface area (Å²) in [4.78, 5) is 3.62. The third kappa shape index (κ3) is 5.80. The standard InChI is InChI=1S/C56H36N2OS/c1-2-10-37(11-3-1)38-18-26-43(27-19-38)57(45-32-24-41(25-33-45)56-34-42-12-4-9-17-55(42)60-56)44-28-20-39(21-29-44)40-22-30-46(31-23-40)58-51-15-7-5-13-47(51)49-35-50-48-14-6-8-16-53(48)59-54(50)36-52(49)58/h1-36H. The molecule has 0 spiro atoms. The van der Waals surface area contributed by atoms with Crippen LogP contribution in [0.2, 0.25) is 0 Å². The first-order valence-electron chi connectivity index (χ1n) is 20.3. The summed E-state index contributed by atoms with van der Waals surface area (Å²) in [6.45, 7) is 0. The van der Waals surface area contributed by atoms with E-state index in [1.54, 1.807) is 0 Å². The molecular weight excluding hydrogens is 749 g/mol. The molecule has 0 atom stereocenters. The molecule has 0 aliphatic heterocycles. The van der Waals surface area contributed by atoms with Crippen molar-refractivity contribution in [2.24, 2.45) is 0 Å². The molecular formula is C56H36N2OS. The Bertz CT molecular complexity index is 3470. The Balaban J connectivity index is 0.893. The van der Waals surface area contributed by atoms with Gasteiger partial charge in [0.1, 0.15) is 11.2 Å². The summed E-state index contributed by atoms with van der Waals surface area (Å²) in [5.41, 5.74) is 14.5. The van der Waals surface area contributed by atoms with Crippen molar-refractivity contribution in [1.29, 1.82) is 0 Å². The van der Waals surface area contributed by atoms with Crippen molar-refractivity contribution in [2.45, 2.75) is 0 Å². The molecule has 9 aromatic carbocycles. The fourth-order valence-corrected chi connectivity index (χ4v) is 9.92. The van der Waals surface area contributed by atoms with Crippen LogP contribution in [-0.2, 0) is 0 Å². The number of hydrogen-bond donors (Lipinski definition) is 0. The van der Waals surface area contributed by atoms with Crippen LogP contribution in [0.3, 0.4) is 0 Å². The van der Waals surface area contributed by atoms with Crippen LogP contribution < -0.4 is 4.90 Å². The van der Waals surface area contributed by atoms with Gasteiger partial charge in [0.2, 0.25) is 0 Å². The lowest BCUT2D eigenvalue weighted by Crippen LogP contribution is -2.09. The summed E-state index contributed by atoms with van der Waals surface area (Å²) >= 11 is 1.84. The van der Waals surface area contributed by atoms with Gasteiger partial charge in [0, 0.05) is 59.9 Å². The van der Waals surface area contributed by atoms with Gasteiger partial charge in [0.25, 0.3) is 0 Å². The Labute approximate surface area is 351 Å². The van der Waals surface area contributed by atoms with Gasteiger partial charge >= 0.3 is 0 Å². The summed E-state index contributed by atoms with van der Waals surface area (Å²) in [7, 11) is 0. The molecule has 4 heteroatoms. The van der Waals surface area contributed by atoms with Gasteiger partial charge in [-0.15, -0.1) is 11.3 Å². The van der Waals surface area contributed by atoms with Crippen LogP contribution in [0.1, 0.15) is 0 Å². The molecule has 0 saturated carbocycles. The molecule has 12 rings (SSSR count). The highest BCUT2D eigenvalue weighted by atomic mass is 32.1. The largest absolute Gasteiger partial charge is 0.456 e. The molecule has 3 nitrogen and oxygen atoms in total. The summed E-state index contributed by atoms with van der Waals surface area (Å²) in [6.07, 6.45) is 0. The molecule has 0 radical (unpaired) electrons. The number of hydrogen-bond acceptors (Lipinski definition) is 3. The van der Waals surface area contributed by atoms with Crippen LogP contribution in [0.15, 0.2) is 223 Å². The van der Waals surface area contributed by atoms with Gasteiger partial charge in [-0.05, 0) is 112 Å². The van der Waals surface area contributed by atoms with Gasteiger partial charge in [-0.3, -0.25) is 0 Å². The van der Waals surface area contributed by atoms with E-state index in [0.717, 1.165) is 61.3 Å². The van der Waals surface area contributed by atoms with Gasteiger partial charge in [0.15, 0.2) is 0 Å². The van der Waals surface area contributed by atoms with Crippen molar-refractivity contribution >= 4 is 82.2 Å². The number of benzene rings is 9. The van der Waals surface area contributed by atoms with E-state index in [1.165, 1.54) is 47.9 Å². The van der Waals surface area contributed by atoms with E-state index in [4.69, 9.17) is 4.42 Å². The SMILES string of the molecule is c1ccc(-c2ccc(N(c3ccc(-c4ccc(-n5c6ccccc6c6cc7c(cc65)oc5ccccc57)cc4)cc3)c3ccc(-c4cc5ccccc5s4)cc3)cc2)cc1. The molecule has 0 saturated heterocycles. The smallest absolute Gasteiger partial charge is 0.137 e. The summed E-state index contributed by atoms with van der Waals surface area (Å²) in [5.74, 6) is 0. The van der Waals surface area contributed by atoms with Crippen LogP contribution in [0, 0.1) is 0 Å². The number of nitrogens with zero attached hydrogens (tertiary/aromatic N) is 2. The third-order valence-corrected chi connectivity index (χ3v) is 13.0. The van der Waals surface area contributed by atoms with Crippen molar-refractivity contribution in [3.63, 3.8) is 0 Å². The quantitative estimate of drug-likeness (QED) is 0.161. The molecule has 0 bridgehead atoms. The molecule has 0 fully saturated rings. The predicted molar refractivity (Wildman–Crippen MR) is 254 cm³/mol. The molecule has 0 aliphatic rings. The van der Waals surface area contributed by atoms with Gasteiger partial charge in [-0.25, -0.2) is 0 Å². The minimum atomic E-state index is 0.901. The first-order chi connectivity index (χ1) is 29.7. The first-order valence-corrected chi connectivity index (χ1v) is 21.1. The lowest BCUT2D eigenvalue weighted by atomic mass is 10.0. The maximum Gasteiger partial charge on any atom is 0.137 e. The minimum Gasteiger partial charge on any atom is -0.456 e. The van der Waals surface area contributed by atoms with E-state index in [2.05, 4.69) is 216 Å². The first kappa shape index (κ1) is 34.4. The van der Waals surface area contributed by atoms with Crippen molar-refractivity contribution in [2.75, 3.05) is 4.90 Å². The van der Waals surface area contributed by atoms with E-state index in [0.29, 0.717) is 0 Å². The van der Waals surface area contributed by atoms with Crippen molar-refractivity contribution < 1.29 is 4.42 Å². The predicted octanol–water partition coefficient (Wildman–Crippen LogP) is 16.4. The second-order valence-electron chi connectivity index (χ2n) is 15.4. The Hall–Kier alpha value is -7.66. The zero-order chi connectivity index (χ0) is 39.6. The summed E-state index contributed by atoms with van der Waals surface area (Å²) in [5, 5.41) is 6.03. The average Bonchev–Trinajstić information content (AvgIpc) is 4.01. The Kier molecular flexibility index (Phi) is 8.03. The van der Waals surface area contributed by atoms with Crippen LogP contribution >= 0.6 is 11.3 Å². The second kappa shape index (κ2) is 14.0. The summed E-state index contributed by atoms with van der Waals surface area (Å²) < 4.78 is 10.0. The Morgan fingerprint density at radius 1 is 0.367 bits per heavy atom. The summed E-state index contributed by atoms with van der Waals surface area (Å²) in [6, 6.07) is 78.7. The van der Waals surface area contributed by atoms with E-state index in [-0.39, 0.29) is 0 Å². The highest BCUT2D eigenvalue weighted by Crippen LogP contribution is 2.41.